The molecule has 17 heavy (non-hydrogen) atoms. The highest BCUT2D eigenvalue weighted by molar-refractivity contribution is 5.75. The number of nitrogens with two attached hydrogens (primary N) is 1. The SMILES string of the molecule is COC(=O)C(N)CCN1CC(OC)C(OC)C1. The van der Waals surface area contributed by atoms with E-state index in [0.29, 0.717) is 6.42 Å². The minimum Gasteiger partial charge on any atom is -0.468 e. The van der Waals surface area contributed by atoms with Crippen LogP contribution >= 0.6 is 0 Å². The molecule has 0 amide bonds. The molecule has 100 valence electrons. The monoisotopic (exact) mass is 246 g/mol. The van der Waals surface area contributed by atoms with E-state index in [1.807, 2.05) is 0 Å². The van der Waals surface area contributed by atoms with Gasteiger partial charge >= 0.3 is 5.97 Å². The Hall–Kier alpha value is -0.690. The third kappa shape index (κ3) is 3.92. The zero-order chi connectivity index (χ0) is 12.8. The molecule has 0 radical (unpaired) electrons. The average Bonchev–Trinajstić information content (AvgIpc) is 2.77. The summed E-state index contributed by atoms with van der Waals surface area (Å²) in [6.45, 7) is 2.36. The molecule has 0 saturated carbocycles. The molecule has 1 rings (SSSR count). The maximum Gasteiger partial charge on any atom is 0.322 e. The van der Waals surface area contributed by atoms with Gasteiger partial charge in [0.1, 0.15) is 6.04 Å². The Morgan fingerprint density at radius 3 is 2.24 bits per heavy atom. The second-order valence-electron chi connectivity index (χ2n) is 4.23. The van der Waals surface area contributed by atoms with E-state index in [-0.39, 0.29) is 18.2 Å². The van der Waals surface area contributed by atoms with Gasteiger partial charge in [-0.1, -0.05) is 0 Å². The number of nitrogens with zero attached hydrogens (tertiary/aromatic N) is 1. The molecule has 1 aliphatic heterocycles. The van der Waals surface area contributed by atoms with Crippen molar-refractivity contribution in [1.29, 1.82) is 0 Å². The largest absolute Gasteiger partial charge is 0.468 e. The number of likely N-dealkylation sites (tertiary alicyclic amines) is 1. The fraction of sp³-hybridized carbons (Fsp3) is 0.909. The topological polar surface area (TPSA) is 74.0 Å². The molecule has 6 heteroatoms. The highest BCUT2D eigenvalue weighted by atomic mass is 16.5. The smallest absolute Gasteiger partial charge is 0.322 e. The Morgan fingerprint density at radius 2 is 1.82 bits per heavy atom. The number of hydrogen-bond acceptors (Lipinski definition) is 6. The second-order valence-corrected chi connectivity index (χ2v) is 4.23. The molecular weight excluding hydrogens is 224 g/mol. The van der Waals surface area contributed by atoms with Gasteiger partial charge in [0.25, 0.3) is 0 Å². The fourth-order valence-corrected chi connectivity index (χ4v) is 2.04. The standard InChI is InChI=1S/C11H22N2O4/c1-15-9-6-13(7-10(9)16-2)5-4-8(12)11(14)17-3/h8-10H,4-7,12H2,1-3H3. The van der Waals surface area contributed by atoms with Crippen molar-refractivity contribution in [3.05, 3.63) is 0 Å². The van der Waals surface area contributed by atoms with E-state index in [2.05, 4.69) is 9.64 Å². The molecule has 1 saturated heterocycles. The van der Waals surface area contributed by atoms with Gasteiger partial charge in [0.15, 0.2) is 0 Å². The van der Waals surface area contributed by atoms with Crippen LogP contribution < -0.4 is 5.73 Å². The van der Waals surface area contributed by atoms with E-state index >= 15 is 0 Å². The van der Waals surface area contributed by atoms with Crippen LogP contribution in [0.5, 0.6) is 0 Å². The van der Waals surface area contributed by atoms with Crippen LogP contribution in [0.15, 0.2) is 0 Å². The molecular formula is C11H22N2O4. The highest BCUT2D eigenvalue weighted by Gasteiger charge is 2.32. The predicted octanol–water partition coefficient (Wildman–Crippen LogP) is -0.778. The third-order valence-electron chi connectivity index (χ3n) is 3.16. The molecule has 0 aromatic carbocycles. The Morgan fingerprint density at radius 1 is 1.29 bits per heavy atom. The van der Waals surface area contributed by atoms with Crippen LogP contribution in [0.4, 0.5) is 0 Å². The second kappa shape index (κ2) is 6.90. The first kappa shape index (κ1) is 14.4. The number of rotatable bonds is 6. The maximum absolute atomic E-state index is 11.1. The Bertz CT molecular complexity index is 238. The summed E-state index contributed by atoms with van der Waals surface area (Å²) in [5.74, 6) is -0.365. The van der Waals surface area contributed by atoms with Crippen LogP contribution in [0.1, 0.15) is 6.42 Å². The highest BCUT2D eigenvalue weighted by Crippen LogP contribution is 2.16. The summed E-state index contributed by atoms with van der Waals surface area (Å²) >= 11 is 0. The van der Waals surface area contributed by atoms with Gasteiger partial charge in [0.2, 0.25) is 0 Å². The summed E-state index contributed by atoms with van der Waals surface area (Å²) in [5, 5.41) is 0. The third-order valence-corrected chi connectivity index (χ3v) is 3.16. The number of carbonyl (C=O) groups is 1. The van der Waals surface area contributed by atoms with E-state index in [0.717, 1.165) is 19.6 Å². The summed E-state index contributed by atoms with van der Waals surface area (Å²) in [6.07, 6.45) is 0.767. The predicted molar refractivity (Wildman–Crippen MR) is 62.6 cm³/mol. The number of esters is 1. The van der Waals surface area contributed by atoms with E-state index in [4.69, 9.17) is 15.2 Å². The number of ether oxygens (including phenoxy) is 3. The van der Waals surface area contributed by atoms with Crippen molar-refractivity contribution >= 4 is 5.97 Å². The molecule has 2 N–H and O–H groups in total. The minimum absolute atomic E-state index is 0.0920. The van der Waals surface area contributed by atoms with Crippen LogP contribution in [-0.2, 0) is 19.0 Å². The fourth-order valence-electron chi connectivity index (χ4n) is 2.04. The quantitative estimate of drug-likeness (QED) is 0.620. The zero-order valence-corrected chi connectivity index (χ0v) is 10.7. The molecule has 1 heterocycles. The zero-order valence-electron chi connectivity index (χ0n) is 10.7. The maximum atomic E-state index is 11.1. The van der Waals surface area contributed by atoms with Gasteiger partial charge in [-0.05, 0) is 6.42 Å². The van der Waals surface area contributed by atoms with Crippen LogP contribution in [-0.4, -0.2) is 70.1 Å². The molecule has 0 aliphatic carbocycles. The Kier molecular flexibility index (Phi) is 5.84. The lowest BCUT2D eigenvalue weighted by Crippen LogP contribution is -2.36. The van der Waals surface area contributed by atoms with Crippen LogP contribution in [0.2, 0.25) is 0 Å². The summed E-state index contributed by atoms with van der Waals surface area (Å²) < 4.78 is 15.2. The van der Waals surface area contributed by atoms with Gasteiger partial charge in [0, 0.05) is 33.9 Å². The van der Waals surface area contributed by atoms with Gasteiger partial charge in [-0.25, -0.2) is 0 Å². The average molecular weight is 246 g/mol. The van der Waals surface area contributed by atoms with Crippen molar-refractivity contribution in [2.75, 3.05) is 41.0 Å². The van der Waals surface area contributed by atoms with Crippen molar-refractivity contribution in [3.63, 3.8) is 0 Å². The molecule has 0 aromatic rings. The molecule has 0 bridgehead atoms. The van der Waals surface area contributed by atoms with Crippen LogP contribution in [0.3, 0.4) is 0 Å². The number of methoxy groups -OCH3 is 3. The van der Waals surface area contributed by atoms with Crippen molar-refractivity contribution < 1.29 is 19.0 Å². The normalized spacial score (nSPS) is 27.1. The number of hydrogen-bond donors (Lipinski definition) is 1. The first-order valence-corrected chi connectivity index (χ1v) is 5.73. The lowest BCUT2D eigenvalue weighted by Gasteiger charge is -2.17. The van der Waals surface area contributed by atoms with Gasteiger partial charge in [0.05, 0.1) is 19.3 Å². The Balaban J connectivity index is 2.32. The Labute approximate surface area is 102 Å². The summed E-state index contributed by atoms with van der Waals surface area (Å²) in [7, 11) is 4.71. The summed E-state index contributed by atoms with van der Waals surface area (Å²) in [4.78, 5) is 13.3. The number of carbonyl (C=O) groups excluding carboxylic acids is 1. The van der Waals surface area contributed by atoms with Crippen molar-refractivity contribution in [2.24, 2.45) is 5.73 Å². The van der Waals surface area contributed by atoms with Crippen LogP contribution in [0, 0.1) is 0 Å². The molecule has 0 spiro atoms. The molecule has 3 unspecified atom stereocenters. The van der Waals surface area contributed by atoms with Crippen molar-refractivity contribution in [3.8, 4) is 0 Å². The first-order chi connectivity index (χ1) is 8.12. The van der Waals surface area contributed by atoms with Crippen molar-refractivity contribution in [1.82, 2.24) is 4.90 Å². The van der Waals surface area contributed by atoms with Crippen molar-refractivity contribution in [2.45, 2.75) is 24.7 Å². The molecule has 3 atom stereocenters. The summed E-state index contributed by atoms with van der Waals surface area (Å²) in [5.41, 5.74) is 5.68. The molecule has 1 fully saturated rings. The first-order valence-electron chi connectivity index (χ1n) is 5.73. The van der Waals surface area contributed by atoms with Gasteiger partial charge in [-0.15, -0.1) is 0 Å². The summed E-state index contributed by atoms with van der Waals surface area (Å²) in [6, 6.07) is -0.553. The minimum atomic E-state index is -0.553. The van der Waals surface area contributed by atoms with E-state index in [1.165, 1.54) is 7.11 Å². The van der Waals surface area contributed by atoms with E-state index in [9.17, 15) is 4.79 Å². The van der Waals surface area contributed by atoms with Gasteiger partial charge in [-0.2, -0.15) is 0 Å². The van der Waals surface area contributed by atoms with E-state index in [1.54, 1.807) is 14.2 Å². The van der Waals surface area contributed by atoms with Gasteiger partial charge in [-0.3, -0.25) is 9.69 Å². The van der Waals surface area contributed by atoms with E-state index < -0.39 is 6.04 Å². The van der Waals surface area contributed by atoms with Gasteiger partial charge < -0.3 is 19.9 Å². The molecule has 0 aromatic heterocycles. The lowest BCUT2D eigenvalue weighted by atomic mass is 10.2. The van der Waals surface area contributed by atoms with Crippen LogP contribution in [0.25, 0.3) is 0 Å². The molecule has 6 nitrogen and oxygen atoms in total. The lowest BCUT2D eigenvalue weighted by molar-refractivity contribution is -0.142. The molecule has 1 aliphatic rings.